The summed E-state index contributed by atoms with van der Waals surface area (Å²) < 4.78 is 11.2. The van der Waals surface area contributed by atoms with Crippen LogP contribution in [0.1, 0.15) is 12.5 Å². The number of carbonyl (C=O) groups is 2. The average Bonchev–Trinajstić information content (AvgIpc) is 3.30. The lowest BCUT2D eigenvalue weighted by molar-refractivity contribution is -0.142. The van der Waals surface area contributed by atoms with Gasteiger partial charge in [0.05, 0.1) is 0 Å². The number of hydrogen-bond donors (Lipinski definition) is 3. The first-order valence-corrected chi connectivity index (χ1v) is 11.8. The topological polar surface area (TPSA) is 122 Å². The summed E-state index contributed by atoms with van der Waals surface area (Å²) in [6, 6.07) is 22.3. The Morgan fingerprint density at radius 2 is 1.76 bits per heavy atom. The normalized spacial score (nSPS) is 12.8. The number of aliphatic carboxylic acids is 1. The van der Waals surface area contributed by atoms with Crippen molar-refractivity contribution in [2.75, 3.05) is 0 Å². The van der Waals surface area contributed by atoms with Crippen LogP contribution in [-0.4, -0.2) is 34.1 Å². The van der Waals surface area contributed by atoms with Crippen LogP contribution in [0, 0.1) is 0 Å². The number of rotatable bonds is 8. The molecule has 0 radical (unpaired) electrons. The third-order valence-electron chi connectivity index (χ3n) is 6.20. The number of para-hydroxylation sites is 1. The molecule has 5 aromatic rings. The smallest absolute Gasteiger partial charge is 0.336 e. The van der Waals surface area contributed by atoms with Crippen molar-refractivity contribution >= 4 is 33.7 Å². The van der Waals surface area contributed by atoms with E-state index in [0.717, 1.165) is 33.0 Å². The molecule has 0 aliphatic heterocycles. The van der Waals surface area contributed by atoms with Crippen LogP contribution >= 0.6 is 0 Å². The van der Waals surface area contributed by atoms with Gasteiger partial charge in [0.25, 0.3) is 5.91 Å². The standard InChI is InChI=1S/C29H24N2O6/c1-17(28(33)31-25(29(34)35)13-19-16-30-24-10-6-5-9-21(19)24)36-20-11-12-22-23(18-7-3-2-4-8-18)15-27(32)37-26(22)14-20/h2-12,14-17,25,30H,13H2,1H3,(H,31,33)(H,34,35)/t17-,25-/m1/s1. The molecule has 5 rings (SSSR count). The summed E-state index contributed by atoms with van der Waals surface area (Å²) in [5, 5.41) is 13.9. The molecule has 3 aromatic carbocycles. The second kappa shape index (κ2) is 10.0. The van der Waals surface area contributed by atoms with Gasteiger partial charge in [-0.1, -0.05) is 48.5 Å². The predicted molar refractivity (Wildman–Crippen MR) is 140 cm³/mol. The molecule has 8 heteroatoms. The van der Waals surface area contributed by atoms with Crippen molar-refractivity contribution in [1.29, 1.82) is 0 Å². The zero-order valence-corrected chi connectivity index (χ0v) is 19.9. The number of H-pyrrole nitrogens is 1. The van der Waals surface area contributed by atoms with Gasteiger partial charge in [0.2, 0.25) is 0 Å². The van der Waals surface area contributed by atoms with Crippen molar-refractivity contribution in [3.8, 4) is 16.9 Å². The van der Waals surface area contributed by atoms with Crippen LogP contribution in [-0.2, 0) is 16.0 Å². The SMILES string of the molecule is C[C@@H](Oc1ccc2c(-c3ccccc3)cc(=O)oc2c1)C(=O)N[C@H](Cc1c[nH]c2ccccc12)C(=O)O. The van der Waals surface area contributed by atoms with Crippen LogP contribution in [0.25, 0.3) is 33.0 Å². The predicted octanol–water partition coefficient (Wildman–Crippen LogP) is 4.52. The molecule has 37 heavy (non-hydrogen) atoms. The van der Waals surface area contributed by atoms with Crippen LogP contribution in [0.15, 0.2) is 94.3 Å². The van der Waals surface area contributed by atoms with E-state index in [9.17, 15) is 19.5 Å². The summed E-state index contributed by atoms with van der Waals surface area (Å²) >= 11 is 0. The number of fused-ring (bicyclic) bond motifs is 2. The van der Waals surface area contributed by atoms with Crippen molar-refractivity contribution in [1.82, 2.24) is 10.3 Å². The molecule has 0 unspecified atom stereocenters. The fourth-order valence-electron chi connectivity index (χ4n) is 4.34. The summed E-state index contributed by atoms with van der Waals surface area (Å²) in [6.45, 7) is 1.53. The Morgan fingerprint density at radius 3 is 2.54 bits per heavy atom. The minimum absolute atomic E-state index is 0.112. The number of carbonyl (C=O) groups excluding carboxylic acids is 1. The molecular weight excluding hydrogens is 472 g/mol. The molecule has 3 N–H and O–H groups in total. The maximum Gasteiger partial charge on any atom is 0.336 e. The number of carboxylic acid groups (broad SMARTS) is 1. The Hall–Kier alpha value is -4.85. The number of ether oxygens (including phenoxy) is 1. The highest BCUT2D eigenvalue weighted by atomic mass is 16.5. The first-order valence-electron chi connectivity index (χ1n) is 11.8. The first-order chi connectivity index (χ1) is 17.9. The van der Waals surface area contributed by atoms with Gasteiger partial charge in [-0.15, -0.1) is 0 Å². The van der Waals surface area contributed by atoms with Gasteiger partial charge in [-0.25, -0.2) is 9.59 Å². The fraction of sp³-hybridized carbons (Fsp3) is 0.138. The second-order valence-electron chi connectivity index (χ2n) is 8.73. The van der Waals surface area contributed by atoms with Crippen molar-refractivity contribution in [2.24, 2.45) is 0 Å². The summed E-state index contributed by atoms with van der Waals surface area (Å²) in [4.78, 5) is 40.0. The van der Waals surface area contributed by atoms with Gasteiger partial charge in [-0.05, 0) is 41.8 Å². The molecule has 1 amide bonds. The van der Waals surface area contributed by atoms with Crippen molar-refractivity contribution in [3.05, 3.63) is 101 Å². The number of nitrogens with one attached hydrogen (secondary N) is 2. The highest BCUT2D eigenvalue weighted by molar-refractivity contribution is 5.94. The molecule has 0 bridgehead atoms. The van der Waals surface area contributed by atoms with E-state index in [0.29, 0.717) is 11.3 Å². The molecule has 0 saturated carbocycles. The number of carboxylic acids is 1. The van der Waals surface area contributed by atoms with E-state index in [2.05, 4.69) is 10.3 Å². The summed E-state index contributed by atoms with van der Waals surface area (Å²) in [5.41, 5.74) is 3.09. The largest absolute Gasteiger partial charge is 0.481 e. The lowest BCUT2D eigenvalue weighted by Crippen LogP contribution is -2.47. The molecule has 186 valence electrons. The molecule has 0 fully saturated rings. The summed E-state index contributed by atoms with van der Waals surface area (Å²) in [5.74, 6) is -1.41. The summed E-state index contributed by atoms with van der Waals surface area (Å²) in [6.07, 6.45) is 0.867. The lowest BCUT2D eigenvalue weighted by atomic mass is 10.0. The maximum absolute atomic E-state index is 12.8. The molecule has 2 atom stereocenters. The third-order valence-corrected chi connectivity index (χ3v) is 6.20. The Bertz CT molecular complexity index is 1650. The molecule has 0 saturated heterocycles. The maximum atomic E-state index is 12.8. The van der Waals surface area contributed by atoms with Crippen LogP contribution < -0.4 is 15.7 Å². The highest BCUT2D eigenvalue weighted by Gasteiger charge is 2.25. The van der Waals surface area contributed by atoms with Crippen LogP contribution in [0.5, 0.6) is 5.75 Å². The van der Waals surface area contributed by atoms with Crippen molar-refractivity contribution in [2.45, 2.75) is 25.5 Å². The van der Waals surface area contributed by atoms with E-state index in [-0.39, 0.29) is 6.42 Å². The van der Waals surface area contributed by atoms with E-state index in [1.54, 1.807) is 24.4 Å². The van der Waals surface area contributed by atoms with E-state index in [1.807, 2.05) is 54.6 Å². The van der Waals surface area contributed by atoms with E-state index in [4.69, 9.17) is 9.15 Å². The molecule has 2 aromatic heterocycles. The monoisotopic (exact) mass is 496 g/mol. The molecule has 0 aliphatic rings. The second-order valence-corrected chi connectivity index (χ2v) is 8.73. The van der Waals surface area contributed by atoms with Gasteiger partial charge >= 0.3 is 11.6 Å². The lowest BCUT2D eigenvalue weighted by Gasteiger charge is -2.19. The number of amides is 1. The number of aromatic nitrogens is 1. The van der Waals surface area contributed by atoms with E-state index >= 15 is 0 Å². The number of benzene rings is 3. The van der Waals surface area contributed by atoms with Gasteiger partial charge in [0.15, 0.2) is 6.10 Å². The molecule has 8 nitrogen and oxygen atoms in total. The Labute approximate surface area is 211 Å². The van der Waals surface area contributed by atoms with Crippen LogP contribution in [0.4, 0.5) is 0 Å². The van der Waals surface area contributed by atoms with E-state index in [1.165, 1.54) is 13.0 Å². The third kappa shape index (κ3) is 5.08. The van der Waals surface area contributed by atoms with Crippen molar-refractivity contribution in [3.63, 3.8) is 0 Å². The van der Waals surface area contributed by atoms with Crippen LogP contribution in [0.2, 0.25) is 0 Å². The summed E-state index contributed by atoms with van der Waals surface area (Å²) in [7, 11) is 0. The Morgan fingerprint density at radius 1 is 1.00 bits per heavy atom. The average molecular weight is 497 g/mol. The van der Waals surface area contributed by atoms with Crippen LogP contribution in [0.3, 0.4) is 0 Å². The van der Waals surface area contributed by atoms with Gasteiger partial charge in [0, 0.05) is 41.0 Å². The number of hydrogen-bond acceptors (Lipinski definition) is 5. The fourth-order valence-corrected chi connectivity index (χ4v) is 4.34. The quantitative estimate of drug-likeness (QED) is 0.272. The van der Waals surface area contributed by atoms with Gasteiger partial charge in [-0.2, -0.15) is 0 Å². The number of aromatic amines is 1. The zero-order valence-electron chi connectivity index (χ0n) is 19.9. The van der Waals surface area contributed by atoms with Crippen molar-refractivity contribution < 1.29 is 23.8 Å². The zero-order chi connectivity index (χ0) is 25.9. The van der Waals surface area contributed by atoms with Gasteiger partial charge < -0.3 is 24.6 Å². The molecule has 0 aliphatic carbocycles. The van der Waals surface area contributed by atoms with Gasteiger partial charge in [-0.3, -0.25) is 4.79 Å². The highest BCUT2D eigenvalue weighted by Crippen LogP contribution is 2.30. The Kier molecular flexibility index (Phi) is 6.47. The first kappa shape index (κ1) is 23.9. The minimum Gasteiger partial charge on any atom is -0.481 e. The van der Waals surface area contributed by atoms with Gasteiger partial charge in [0.1, 0.15) is 17.4 Å². The van der Waals surface area contributed by atoms with E-state index < -0.39 is 29.6 Å². The molecular formula is C29H24N2O6. The minimum atomic E-state index is -1.15. The Balaban J connectivity index is 1.32. The molecule has 2 heterocycles. The molecule has 0 spiro atoms.